The van der Waals surface area contributed by atoms with Crippen molar-refractivity contribution in [1.29, 1.82) is 5.26 Å². The summed E-state index contributed by atoms with van der Waals surface area (Å²) in [5.74, 6) is -0.343. The first-order valence-electron chi connectivity index (χ1n) is 9.93. The van der Waals surface area contributed by atoms with E-state index in [-0.39, 0.29) is 12.5 Å². The summed E-state index contributed by atoms with van der Waals surface area (Å²) in [5, 5.41) is 12.1. The SMILES string of the molecule is CCCC1=CC(C)(CNc2ccccc2C(=O)NOCc2ccc(C#N)cc2)ON1. The first kappa shape index (κ1) is 21.4. The fourth-order valence-electron chi connectivity index (χ4n) is 3.11. The smallest absolute Gasteiger partial charge is 0.276 e. The molecule has 7 heteroatoms. The lowest BCUT2D eigenvalue weighted by Crippen LogP contribution is -2.34. The van der Waals surface area contributed by atoms with E-state index in [9.17, 15) is 4.79 Å². The van der Waals surface area contributed by atoms with Gasteiger partial charge in [0, 0.05) is 17.9 Å². The van der Waals surface area contributed by atoms with Crippen molar-refractivity contribution in [3.05, 3.63) is 77.0 Å². The summed E-state index contributed by atoms with van der Waals surface area (Å²) in [4.78, 5) is 23.7. The highest BCUT2D eigenvalue weighted by Crippen LogP contribution is 2.24. The van der Waals surface area contributed by atoms with E-state index in [1.54, 1.807) is 36.4 Å². The largest absolute Gasteiger partial charge is 0.381 e. The molecule has 0 fully saturated rings. The number of hydrogen-bond donors (Lipinski definition) is 3. The average Bonchev–Trinajstić information content (AvgIpc) is 3.14. The van der Waals surface area contributed by atoms with Crippen molar-refractivity contribution >= 4 is 11.6 Å². The number of anilines is 1. The highest BCUT2D eigenvalue weighted by molar-refractivity contribution is 5.99. The number of para-hydroxylation sites is 1. The van der Waals surface area contributed by atoms with Gasteiger partial charge in [-0.05, 0) is 49.2 Å². The molecule has 0 aliphatic carbocycles. The number of nitrogens with one attached hydrogen (secondary N) is 3. The summed E-state index contributed by atoms with van der Waals surface area (Å²) >= 11 is 0. The topological polar surface area (TPSA) is 95.4 Å². The second kappa shape index (κ2) is 9.92. The zero-order valence-electron chi connectivity index (χ0n) is 17.2. The lowest BCUT2D eigenvalue weighted by molar-refractivity contribution is -0.0197. The third-order valence-electron chi connectivity index (χ3n) is 4.70. The molecule has 3 rings (SSSR count). The molecule has 1 atom stereocenters. The third kappa shape index (κ3) is 5.60. The highest BCUT2D eigenvalue weighted by atomic mass is 16.7. The van der Waals surface area contributed by atoms with Crippen LogP contribution < -0.4 is 16.3 Å². The Morgan fingerprint density at radius 2 is 2.00 bits per heavy atom. The molecule has 0 spiro atoms. The third-order valence-corrected chi connectivity index (χ3v) is 4.70. The second-order valence-electron chi connectivity index (χ2n) is 7.36. The van der Waals surface area contributed by atoms with Gasteiger partial charge in [-0.3, -0.25) is 19.9 Å². The van der Waals surface area contributed by atoms with Crippen LogP contribution in [0, 0.1) is 11.3 Å². The quantitative estimate of drug-likeness (QED) is 0.548. The molecule has 3 N–H and O–H groups in total. The molecule has 1 unspecified atom stereocenters. The van der Waals surface area contributed by atoms with E-state index in [4.69, 9.17) is 14.9 Å². The van der Waals surface area contributed by atoms with Crippen LogP contribution in [0.2, 0.25) is 0 Å². The number of allylic oxidation sites excluding steroid dienone is 1. The summed E-state index contributed by atoms with van der Waals surface area (Å²) in [7, 11) is 0. The molecular formula is C23H26N4O3. The van der Waals surface area contributed by atoms with E-state index in [0.29, 0.717) is 23.4 Å². The molecule has 1 aliphatic heterocycles. The Labute approximate surface area is 176 Å². The number of carbonyl (C=O) groups is 1. The van der Waals surface area contributed by atoms with Gasteiger partial charge in [0.15, 0.2) is 0 Å². The van der Waals surface area contributed by atoms with Crippen LogP contribution in [0.3, 0.4) is 0 Å². The Kier molecular flexibility index (Phi) is 7.07. The monoisotopic (exact) mass is 406 g/mol. The standard InChI is InChI=1S/C23H26N4O3/c1-3-6-19-13-23(2,30-26-19)16-25-21-8-5-4-7-20(21)22(28)27-29-15-18-11-9-17(14-24)10-12-18/h4-5,7-13,25-26H,3,6,15-16H2,1-2H3,(H,27,28). The van der Waals surface area contributed by atoms with E-state index in [1.165, 1.54) is 0 Å². The fourth-order valence-corrected chi connectivity index (χ4v) is 3.11. The van der Waals surface area contributed by atoms with E-state index in [0.717, 1.165) is 24.1 Å². The Balaban J connectivity index is 1.56. The molecule has 156 valence electrons. The molecule has 1 heterocycles. The molecule has 7 nitrogen and oxygen atoms in total. The van der Waals surface area contributed by atoms with Gasteiger partial charge < -0.3 is 5.32 Å². The van der Waals surface area contributed by atoms with E-state index in [2.05, 4.69) is 35.3 Å². The number of nitrogens with zero attached hydrogens (tertiary/aromatic N) is 1. The van der Waals surface area contributed by atoms with Gasteiger partial charge in [0.1, 0.15) is 5.60 Å². The molecule has 0 saturated carbocycles. The van der Waals surface area contributed by atoms with Crippen LogP contribution >= 0.6 is 0 Å². The van der Waals surface area contributed by atoms with Gasteiger partial charge in [-0.1, -0.05) is 37.6 Å². The van der Waals surface area contributed by atoms with Crippen molar-refractivity contribution in [3.8, 4) is 6.07 Å². The highest BCUT2D eigenvalue weighted by Gasteiger charge is 2.29. The summed E-state index contributed by atoms with van der Waals surface area (Å²) in [6, 6.07) is 16.3. The van der Waals surface area contributed by atoms with Crippen molar-refractivity contribution in [1.82, 2.24) is 11.0 Å². The summed E-state index contributed by atoms with van der Waals surface area (Å²) in [5.41, 5.74) is 8.63. The normalized spacial score (nSPS) is 17.6. The molecule has 0 bridgehead atoms. The predicted octanol–water partition coefficient (Wildman–Crippen LogP) is 3.81. The van der Waals surface area contributed by atoms with Crippen LogP contribution in [0.5, 0.6) is 0 Å². The van der Waals surface area contributed by atoms with Gasteiger partial charge >= 0.3 is 0 Å². The summed E-state index contributed by atoms with van der Waals surface area (Å²) < 4.78 is 0. The Bertz CT molecular complexity index is 950. The van der Waals surface area contributed by atoms with Gasteiger partial charge in [-0.25, -0.2) is 5.48 Å². The van der Waals surface area contributed by atoms with E-state index in [1.807, 2.05) is 19.1 Å². The van der Waals surface area contributed by atoms with Crippen LogP contribution in [-0.4, -0.2) is 18.1 Å². The zero-order chi connectivity index (χ0) is 21.4. The van der Waals surface area contributed by atoms with Gasteiger partial charge in [-0.2, -0.15) is 5.26 Å². The predicted molar refractivity (Wildman–Crippen MR) is 114 cm³/mol. The molecule has 2 aromatic carbocycles. The molecule has 1 aliphatic rings. The second-order valence-corrected chi connectivity index (χ2v) is 7.36. The van der Waals surface area contributed by atoms with Crippen LogP contribution in [0.15, 0.2) is 60.3 Å². The molecule has 0 aromatic heterocycles. The Morgan fingerprint density at radius 3 is 2.73 bits per heavy atom. The Morgan fingerprint density at radius 1 is 1.23 bits per heavy atom. The molecule has 0 saturated heterocycles. The van der Waals surface area contributed by atoms with Crippen molar-refractivity contribution in [2.45, 2.75) is 38.9 Å². The van der Waals surface area contributed by atoms with Gasteiger partial charge in [0.05, 0.1) is 23.8 Å². The number of benzene rings is 2. The lowest BCUT2D eigenvalue weighted by atomic mass is 10.0. The minimum absolute atomic E-state index is 0.204. The number of rotatable bonds is 9. The minimum Gasteiger partial charge on any atom is -0.381 e. The number of carbonyl (C=O) groups excluding carboxylic acids is 1. The van der Waals surface area contributed by atoms with Crippen molar-refractivity contribution in [3.63, 3.8) is 0 Å². The van der Waals surface area contributed by atoms with E-state index >= 15 is 0 Å². The number of hydroxylamine groups is 2. The molecular weight excluding hydrogens is 380 g/mol. The van der Waals surface area contributed by atoms with E-state index < -0.39 is 5.60 Å². The van der Waals surface area contributed by atoms with Crippen LogP contribution in [-0.2, 0) is 16.3 Å². The van der Waals surface area contributed by atoms with Crippen molar-refractivity contribution in [2.75, 3.05) is 11.9 Å². The maximum atomic E-state index is 12.6. The van der Waals surface area contributed by atoms with Gasteiger partial charge in [0.25, 0.3) is 5.91 Å². The number of hydrogen-bond acceptors (Lipinski definition) is 6. The molecule has 2 aromatic rings. The van der Waals surface area contributed by atoms with Crippen molar-refractivity contribution in [2.24, 2.45) is 0 Å². The lowest BCUT2D eigenvalue weighted by Gasteiger charge is -2.22. The maximum absolute atomic E-state index is 12.6. The van der Waals surface area contributed by atoms with Crippen LogP contribution in [0.4, 0.5) is 5.69 Å². The summed E-state index contributed by atoms with van der Waals surface area (Å²) in [6.45, 7) is 4.81. The molecule has 0 radical (unpaired) electrons. The van der Waals surface area contributed by atoms with Crippen LogP contribution in [0.1, 0.15) is 48.2 Å². The average molecular weight is 406 g/mol. The van der Waals surface area contributed by atoms with Crippen LogP contribution in [0.25, 0.3) is 0 Å². The number of amides is 1. The fraction of sp³-hybridized carbons (Fsp3) is 0.304. The van der Waals surface area contributed by atoms with Gasteiger partial charge in [0.2, 0.25) is 0 Å². The Hall–Kier alpha value is -3.34. The molecule has 30 heavy (non-hydrogen) atoms. The number of nitriles is 1. The minimum atomic E-state index is -0.500. The van der Waals surface area contributed by atoms with Crippen molar-refractivity contribution < 1.29 is 14.5 Å². The summed E-state index contributed by atoms with van der Waals surface area (Å²) in [6.07, 6.45) is 4.05. The maximum Gasteiger partial charge on any atom is 0.276 e. The zero-order valence-corrected chi connectivity index (χ0v) is 17.2. The van der Waals surface area contributed by atoms with Gasteiger partial charge in [-0.15, -0.1) is 0 Å². The first-order valence-corrected chi connectivity index (χ1v) is 9.93. The molecule has 1 amide bonds. The first-order chi connectivity index (χ1) is 14.5.